The van der Waals surface area contributed by atoms with Crippen LogP contribution >= 0.6 is 15.9 Å². The van der Waals surface area contributed by atoms with Crippen LogP contribution in [0.15, 0.2) is 28.8 Å². The summed E-state index contributed by atoms with van der Waals surface area (Å²) in [4.78, 5) is 10.5. The van der Waals surface area contributed by atoms with Gasteiger partial charge in [0.25, 0.3) is 0 Å². The van der Waals surface area contributed by atoms with Crippen molar-refractivity contribution >= 4 is 21.6 Å². The van der Waals surface area contributed by atoms with Crippen molar-refractivity contribution in [3.05, 3.63) is 44.4 Å². The molecule has 0 saturated carbocycles. The molecule has 1 aliphatic heterocycles. The Morgan fingerprint density at radius 2 is 2.31 bits per heavy atom. The zero-order chi connectivity index (χ0) is 11.7. The van der Waals surface area contributed by atoms with E-state index in [2.05, 4.69) is 15.9 Å². The van der Waals surface area contributed by atoms with E-state index in [1.807, 2.05) is 25.1 Å². The van der Waals surface area contributed by atoms with Crippen LogP contribution in [0.5, 0.6) is 5.75 Å². The molecule has 0 saturated heterocycles. The molecule has 16 heavy (non-hydrogen) atoms. The maximum Gasteiger partial charge on any atom is 0.312 e. The second-order valence-corrected chi connectivity index (χ2v) is 4.54. The highest BCUT2D eigenvalue weighted by molar-refractivity contribution is 9.10. The molecule has 0 aromatic heterocycles. The summed E-state index contributed by atoms with van der Waals surface area (Å²) in [7, 11) is 0. The Morgan fingerprint density at radius 3 is 3.00 bits per heavy atom. The third-order valence-electron chi connectivity index (χ3n) is 2.50. The number of rotatable bonds is 1. The van der Waals surface area contributed by atoms with Crippen molar-refractivity contribution in [2.24, 2.45) is 0 Å². The minimum absolute atomic E-state index is 0.0138. The number of ether oxygens (including phenoxy) is 1. The molecule has 1 aromatic carbocycles. The van der Waals surface area contributed by atoms with Gasteiger partial charge in [0.1, 0.15) is 6.61 Å². The Morgan fingerprint density at radius 1 is 1.56 bits per heavy atom. The molecule has 1 heterocycles. The molecule has 4 nitrogen and oxygen atoms in total. The van der Waals surface area contributed by atoms with Crippen LogP contribution in [0, 0.1) is 10.1 Å². The first kappa shape index (κ1) is 11.1. The number of nitrogens with zero attached hydrogens (tertiary/aromatic N) is 1. The zero-order valence-corrected chi connectivity index (χ0v) is 10.2. The highest BCUT2D eigenvalue weighted by Crippen LogP contribution is 2.39. The lowest BCUT2D eigenvalue weighted by molar-refractivity contribution is -0.385. The van der Waals surface area contributed by atoms with Crippen molar-refractivity contribution in [2.45, 2.75) is 12.8 Å². The van der Waals surface area contributed by atoms with Crippen LogP contribution in [0.3, 0.4) is 0 Å². The molecular formula is C11H10BrNO3. The Hall–Kier alpha value is -1.36. The summed E-state index contributed by atoms with van der Waals surface area (Å²) >= 11 is 3.28. The molecule has 0 radical (unpaired) electrons. The number of fused-ring (bicyclic) bond motifs is 1. The molecule has 2 rings (SSSR count). The van der Waals surface area contributed by atoms with E-state index in [0.717, 1.165) is 5.56 Å². The van der Waals surface area contributed by atoms with Crippen LogP contribution in [0.1, 0.15) is 18.4 Å². The standard InChI is InChI=1S/C11H10BrNO3/c1-7-3-2-4-16-11-9(7)5-8(12)6-10(11)13(14)15/h2-3,5-7H,4H2,1H3. The quantitative estimate of drug-likeness (QED) is 0.451. The molecule has 0 fully saturated rings. The number of halogens is 1. The van der Waals surface area contributed by atoms with Crippen LogP contribution in [-0.2, 0) is 0 Å². The predicted molar refractivity (Wildman–Crippen MR) is 63.8 cm³/mol. The molecular weight excluding hydrogens is 274 g/mol. The largest absolute Gasteiger partial charge is 0.482 e. The highest BCUT2D eigenvalue weighted by Gasteiger charge is 2.24. The summed E-state index contributed by atoms with van der Waals surface area (Å²) in [6.07, 6.45) is 3.87. The maximum atomic E-state index is 10.9. The van der Waals surface area contributed by atoms with Gasteiger partial charge in [-0.05, 0) is 6.07 Å². The summed E-state index contributed by atoms with van der Waals surface area (Å²) < 4.78 is 6.11. The van der Waals surface area contributed by atoms with Gasteiger partial charge in [-0.15, -0.1) is 0 Å². The molecule has 1 aromatic rings. The smallest absolute Gasteiger partial charge is 0.312 e. The van der Waals surface area contributed by atoms with Gasteiger partial charge < -0.3 is 4.74 Å². The fraction of sp³-hybridized carbons (Fsp3) is 0.273. The fourth-order valence-electron chi connectivity index (χ4n) is 1.73. The van der Waals surface area contributed by atoms with Gasteiger partial charge >= 0.3 is 5.69 Å². The third kappa shape index (κ3) is 1.95. The van der Waals surface area contributed by atoms with Crippen LogP contribution in [0.25, 0.3) is 0 Å². The molecule has 0 spiro atoms. The lowest BCUT2D eigenvalue weighted by Gasteiger charge is -2.11. The minimum atomic E-state index is -0.415. The van der Waals surface area contributed by atoms with Crippen molar-refractivity contribution in [3.8, 4) is 5.75 Å². The second-order valence-electron chi connectivity index (χ2n) is 3.63. The molecule has 0 bridgehead atoms. The lowest BCUT2D eigenvalue weighted by atomic mass is 9.99. The highest BCUT2D eigenvalue weighted by atomic mass is 79.9. The van der Waals surface area contributed by atoms with Gasteiger partial charge in [0, 0.05) is 22.0 Å². The van der Waals surface area contributed by atoms with Gasteiger partial charge in [-0.1, -0.05) is 35.0 Å². The molecule has 5 heteroatoms. The number of hydrogen-bond donors (Lipinski definition) is 0. The van der Waals surface area contributed by atoms with E-state index >= 15 is 0 Å². The first-order valence-corrected chi connectivity index (χ1v) is 5.66. The number of nitro benzene ring substituents is 1. The summed E-state index contributed by atoms with van der Waals surface area (Å²) in [6.45, 7) is 2.36. The van der Waals surface area contributed by atoms with E-state index in [9.17, 15) is 10.1 Å². The topological polar surface area (TPSA) is 52.4 Å². The van der Waals surface area contributed by atoms with Crippen molar-refractivity contribution < 1.29 is 9.66 Å². The summed E-state index contributed by atoms with van der Waals surface area (Å²) in [6, 6.07) is 3.33. The summed E-state index contributed by atoms with van der Waals surface area (Å²) in [5, 5.41) is 10.9. The normalized spacial score (nSPS) is 18.5. The molecule has 0 N–H and O–H groups in total. The molecule has 1 unspecified atom stereocenters. The zero-order valence-electron chi connectivity index (χ0n) is 8.64. The lowest BCUT2D eigenvalue weighted by Crippen LogP contribution is -2.01. The number of benzene rings is 1. The Bertz CT molecular complexity index is 471. The van der Waals surface area contributed by atoms with E-state index in [1.165, 1.54) is 6.07 Å². The summed E-state index contributed by atoms with van der Waals surface area (Å²) in [5.74, 6) is 0.499. The van der Waals surface area contributed by atoms with E-state index in [1.54, 1.807) is 0 Å². The van der Waals surface area contributed by atoms with Gasteiger partial charge in [-0.3, -0.25) is 10.1 Å². The average Bonchev–Trinajstić information content (AvgIpc) is 2.40. The number of allylic oxidation sites excluding steroid dienone is 1. The van der Waals surface area contributed by atoms with Crippen LogP contribution in [0.2, 0.25) is 0 Å². The van der Waals surface area contributed by atoms with Gasteiger partial charge in [-0.2, -0.15) is 0 Å². The second kappa shape index (κ2) is 4.25. The van der Waals surface area contributed by atoms with Crippen LogP contribution in [-0.4, -0.2) is 11.5 Å². The maximum absolute atomic E-state index is 10.9. The SMILES string of the molecule is CC1C=CCOc2c1cc(Br)cc2[N+](=O)[O-]. The molecule has 0 aliphatic carbocycles. The molecule has 84 valence electrons. The average molecular weight is 284 g/mol. The molecule has 0 amide bonds. The summed E-state index contributed by atoms with van der Waals surface area (Å²) in [5.41, 5.74) is 0.856. The first-order valence-electron chi connectivity index (χ1n) is 4.87. The van der Waals surface area contributed by atoms with Crippen molar-refractivity contribution in [1.29, 1.82) is 0 Å². The van der Waals surface area contributed by atoms with E-state index in [-0.39, 0.29) is 11.6 Å². The third-order valence-corrected chi connectivity index (χ3v) is 2.96. The van der Waals surface area contributed by atoms with E-state index in [0.29, 0.717) is 16.8 Å². The van der Waals surface area contributed by atoms with Crippen molar-refractivity contribution in [2.75, 3.05) is 6.61 Å². The predicted octanol–water partition coefficient (Wildman–Crippen LogP) is 3.41. The van der Waals surface area contributed by atoms with Gasteiger partial charge in [0.15, 0.2) is 0 Å². The Balaban J connectivity index is 2.64. The van der Waals surface area contributed by atoms with Crippen LogP contribution < -0.4 is 4.74 Å². The van der Waals surface area contributed by atoms with Crippen molar-refractivity contribution in [3.63, 3.8) is 0 Å². The van der Waals surface area contributed by atoms with E-state index in [4.69, 9.17) is 4.74 Å². The van der Waals surface area contributed by atoms with Crippen molar-refractivity contribution in [1.82, 2.24) is 0 Å². The molecule has 1 atom stereocenters. The molecule has 1 aliphatic rings. The van der Waals surface area contributed by atoms with E-state index < -0.39 is 4.92 Å². The minimum Gasteiger partial charge on any atom is -0.482 e. The van der Waals surface area contributed by atoms with Gasteiger partial charge in [0.2, 0.25) is 5.75 Å². The monoisotopic (exact) mass is 283 g/mol. The number of nitro groups is 1. The van der Waals surface area contributed by atoms with Gasteiger partial charge in [-0.25, -0.2) is 0 Å². The number of hydrogen-bond acceptors (Lipinski definition) is 3. The first-order chi connectivity index (χ1) is 7.59. The van der Waals surface area contributed by atoms with Gasteiger partial charge in [0.05, 0.1) is 4.92 Å². The Kier molecular flexibility index (Phi) is 2.96. The van der Waals surface area contributed by atoms with Crippen LogP contribution in [0.4, 0.5) is 5.69 Å². The Labute approximate surface area is 101 Å². The fourth-order valence-corrected chi connectivity index (χ4v) is 2.19.